The van der Waals surface area contributed by atoms with Crippen molar-refractivity contribution in [2.75, 3.05) is 13.2 Å². The van der Waals surface area contributed by atoms with E-state index < -0.39 is 6.10 Å². The highest BCUT2D eigenvalue weighted by Gasteiger charge is 2.19. The Balaban J connectivity index is 4.17. The summed E-state index contributed by atoms with van der Waals surface area (Å²) in [5.41, 5.74) is 0. The number of unbranched alkanes of at least 4 members (excludes halogenated alkanes) is 38. The smallest absolute Gasteiger partial charge is 0.306 e. The fourth-order valence-electron chi connectivity index (χ4n) is 9.34. The van der Waals surface area contributed by atoms with E-state index in [-0.39, 0.29) is 31.1 Å². The molecule has 0 bridgehead atoms. The van der Waals surface area contributed by atoms with E-state index in [4.69, 9.17) is 14.2 Å². The van der Waals surface area contributed by atoms with Crippen molar-refractivity contribution >= 4 is 17.9 Å². The molecule has 0 aromatic heterocycles. The lowest BCUT2D eigenvalue weighted by molar-refractivity contribution is -0.167. The first kappa shape index (κ1) is 65.4. The lowest BCUT2D eigenvalue weighted by atomic mass is 9.99. The molecule has 0 rings (SSSR count). The Hall–Kier alpha value is -1.59. The second-order valence-electron chi connectivity index (χ2n) is 21.5. The molecule has 0 radical (unpaired) electrons. The highest BCUT2D eigenvalue weighted by atomic mass is 16.6. The summed E-state index contributed by atoms with van der Waals surface area (Å²) in [4.78, 5) is 38.1. The summed E-state index contributed by atoms with van der Waals surface area (Å²) in [5, 5.41) is 0. The maximum absolute atomic E-state index is 12.8. The third kappa shape index (κ3) is 52.1. The molecule has 0 saturated heterocycles. The van der Waals surface area contributed by atoms with Gasteiger partial charge in [-0.25, -0.2) is 0 Å². The first-order chi connectivity index (χ1) is 32.8. The van der Waals surface area contributed by atoms with Crippen molar-refractivity contribution in [2.24, 2.45) is 11.8 Å². The van der Waals surface area contributed by atoms with Crippen molar-refractivity contribution in [3.63, 3.8) is 0 Å². The number of carbonyl (C=O) groups is 3. The van der Waals surface area contributed by atoms with E-state index in [0.29, 0.717) is 19.3 Å². The van der Waals surface area contributed by atoms with Crippen LogP contribution in [0, 0.1) is 11.8 Å². The van der Waals surface area contributed by atoms with Crippen LogP contribution in [-0.2, 0) is 28.6 Å². The molecular weight excluding hydrogens is 829 g/mol. The van der Waals surface area contributed by atoms with Crippen molar-refractivity contribution < 1.29 is 28.6 Å². The Morgan fingerprint density at radius 1 is 0.299 bits per heavy atom. The normalized spacial score (nSPS) is 12.9. The largest absolute Gasteiger partial charge is 0.462 e. The van der Waals surface area contributed by atoms with Gasteiger partial charge in [-0.05, 0) is 31.1 Å². The molecule has 6 heteroatoms. The van der Waals surface area contributed by atoms with Gasteiger partial charge in [-0.15, -0.1) is 0 Å². The van der Waals surface area contributed by atoms with Gasteiger partial charge < -0.3 is 14.2 Å². The van der Waals surface area contributed by atoms with Gasteiger partial charge in [0.1, 0.15) is 13.2 Å². The third-order valence-corrected chi connectivity index (χ3v) is 14.7. The molecule has 0 aliphatic heterocycles. The van der Waals surface area contributed by atoms with E-state index in [9.17, 15) is 14.4 Å². The van der Waals surface area contributed by atoms with E-state index in [2.05, 4.69) is 34.6 Å². The van der Waals surface area contributed by atoms with E-state index in [1.165, 1.54) is 231 Å². The standard InChI is InChI=1S/C61H118O6/c1-6-9-10-11-12-29-36-41-46-51-59(62)65-54-58(67-61(64)53-48-43-38-33-28-24-20-19-22-26-31-35-40-45-50-57(5)8-3)55-66-60(63)52-47-42-37-32-27-23-18-16-14-13-15-17-21-25-30-34-39-44-49-56(4)7-2/h56-58H,6-55H2,1-5H3/t56?,57?,58-/m1/s1. The second-order valence-corrected chi connectivity index (χ2v) is 21.5. The molecule has 0 N–H and O–H groups in total. The van der Waals surface area contributed by atoms with Crippen molar-refractivity contribution in [1.82, 2.24) is 0 Å². The van der Waals surface area contributed by atoms with Gasteiger partial charge in [0.05, 0.1) is 0 Å². The van der Waals surface area contributed by atoms with E-state index >= 15 is 0 Å². The average Bonchev–Trinajstić information content (AvgIpc) is 3.33. The number of hydrogen-bond donors (Lipinski definition) is 0. The molecule has 0 amide bonds. The lowest BCUT2D eigenvalue weighted by Gasteiger charge is -2.18. The minimum Gasteiger partial charge on any atom is -0.462 e. The molecule has 0 saturated carbocycles. The van der Waals surface area contributed by atoms with E-state index in [1.54, 1.807) is 0 Å². The summed E-state index contributed by atoms with van der Waals surface area (Å²) >= 11 is 0. The Morgan fingerprint density at radius 2 is 0.522 bits per heavy atom. The molecule has 0 aliphatic carbocycles. The quantitative estimate of drug-likeness (QED) is 0.0343. The van der Waals surface area contributed by atoms with E-state index in [1.807, 2.05) is 0 Å². The molecule has 0 spiro atoms. The first-order valence-electron chi connectivity index (χ1n) is 30.3. The first-order valence-corrected chi connectivity index (χ1v) is 30.3. The van der Waals surface area contributed by atoms with Crippen LogP contribution >= 0.6 is 0 Å². The number of carbonyl (C=O) groups excluding carboxylic acids is 3. The van der Waals surface area contributed by atoms with Crippen LogP contribution in [0.25, 0.3) is 0 Å². The van der Waals surface area contributed by atoms with Crippen molar-refractivity contribution in [2.45, 2.75) is 349 Å². The topological polar surface area (TPSA) is 78.9 Å². The SMILES string of the molecule is CCCCCCCCCCCC(=O)OC[C@H](COC(=O)CCCCCCCCCCCCCCCCCCCCC(C)CC)OC(=O)CCCCCCCCCCCCCCCCC(C)CC. The zero-order chi connectivity index (χ0) is 48.9. The fraction of sp³-hybridized carbons (Fsp3) is 0.951. The zero-order valence-electron chi connectivity index (χ0n) is 46.0. The van der Waals surface area contributed by atoms with Crippen LogP contribution < -0.4 is 0 Å². The van der Waals surface area contributed by atoms with Gasteiger partial charge in [0.25, 0.3) is 0 Å². The highest BCUT2D eigenvalue weighted by molar-refractivity contribution is 5.71. The van der Waals surface area contributed by atoms with Crippen LogP contribution in [0.1, 0.15) is 343 Å². The van der Waals surface area contributed by atoms with Crippen molar-refractivity contribution in [1.29, 1.82) is 0 Å². The van der Waals surface area contributed by atoms with Crippen LogP contribution in [0.2, 0.25) is 0 Å². The molecule has 398 valence electrons. The minimum absolute atomic E-state index is 0.0625. The van der Waals surface area contributed by atoms with Gasteiger partial charge in [-0.1, -0.05) is 304 Å². The Morgan fingerprint density at radius 3 is 0.776 bits per heavy atom. The number of esters is 3. The van der Waals surface area contributed by atoms with Crippen LogP contribution in [-0.4, -0.2) is 37.2 Å². The van der Waals surface area contributed by atoms with Crippen LogP contribution in [0.4, 0.5) is 0 Å². The highest BCUT2D eigenvalue weighted by Crippen LogP contribution is 2.19. The number of hydrogen-bond acceptors (Lipinski definition) is 6. The van der Waals surface area contributed by atoms with Gasteiger partial charge in [0, 0.05) is 19.3 Å². The Bertz CT molecular complexity index is 1030. The molecule has 0 heterocycles. The maximum atomic E-state index is 12.8. The van der Waals surface area contributed by atoms with Gasteiger partial charge in [-0.3, -0.25) is 14.4 Å². The minimum atomic E-state index is -0.762. The second kappa shape index (κ2) is 53.8. The molecule has 0 fully saturated rings. The van der Waals surface area contributed by atoms with E-state index in [0.717, 1.165) is 69.6 Å². The van der Waals surface area contributed by atoms with Crippen molar-refractivity contribution in [3.05, 3.63) is 0 Å². The maximum Gasteiger partial charge on any atom is 0.306 e. The monoisotopic (exact) mass is 947 g/mol. The summed E-state index contributed by atoms with van der Waals surface area (Å²) in [5.74, 6) is 0.965. The predicted octanol–water partition coefficient (Wildman–Crippen LogP) is 20.0. The van der Waals surface area contributed by atoms with Gasteiger partial charge in [-0.2, -0.15) is 0 Å². The predicted molar refractivity (Wildman–Crippen MR) is 289 cm³/mol. The molecular formula is C61H118O6. The molecule has 3 atom stereocenters. The van der Waals surface area contributed by atoms with Crippen LogP contribution in [0.15, 0.2) is 0 Å². The van der Waals surface area contributed by atoms with Crippen LogP contribution in [0.5, 0.6) is 0 Å². The van der Waals surface area contributed by atoms with Crippen LogP contribution in [0.3, 0.4) is 0 Å². The fourth-order valence-corrected chi connectivity index (χ4v) is 9.34. The molecule has 0 aromatic carbocycles. The molecule has 0 aliphatic rings. The Kier molecular flexibility index (Phi) is 52.5. The summed E-state index contributed by atoms with van der Waals surface area (Å²) < 4.78 is 16.9. The zero-order valence-corrected chi connectivity index (χ0v) is 46.0. The summed E-state index contributed by atoms with van der Waals surface area (Å²) in [6.07, 6.45) is 58.1. The summed E-state index contributed by atoms with van der Waals surface area (Å²) in [6.45, 7) is 11.5. The van der Waals surface area contributed by atoms with Gasteiger partial charge in [0.2, 0.25) is 0 Å². The number of rotatable bonds is 55. The van der Waals surface area contributed by atoms with Gasteiger partial charge >= 0.3 is 17.9 Å². The van der Waals surface area contributed by atoms with Crippen molar-refractivity contribution in [3.8, 4) is 0 Å². The average molecular weight is 948 g/mol. The molecule has 0 aromatic rings. The molecule has 6 nitrogen and oxygen atoms in total. The Labute approximate surface area is 418 Å². The molecule has 2 unspecified atom stereocenters. The molecule has 67 heavy (non-hydrogen) atoms. The van der Waals surface area contributed by atoms with Gasteiger partial charge in [0.15, 0.2) is 6.10 Å². The lowest BCUT2D eigenvalue weighted by Crippen LogP contribution is -2.30. The summed E-state index contributed by atoms with van der Waals surface area (Å²) in [6, 6.07) is 0. The summed E-state index contributed by atoms with van der Waals surface area (Å²) in [7, 11) is 0. The number of ether oxygens (including phenoxy) is 3. The third-order valence-electron chi connectivity index (χ3n) is 14.7.